The highest BCUT2D eigenvalue weighted by atomic mass is 79.9. The predicted octanol–water partition coefficient (Wildman–Crippen LogP) is 5.20. The minimum atomic E-state index is -3.88. The summed E-state index contributed by atoms with van der Waals surface area (Å²) in [6.45, 7) is 6.29. The van der Waals surface area contributed by atoms with E-state index in [9.17, 15) is 13.2 Å². The van der Waals surface area contributed by atoms with Gasteiger partial charge in [-0.25, -0.2) is 8.42 Å². The monoisotopic (exact) mass is 506 g/mol. The van der Waals surface area contributed by atoms with E-state index >= 15 is 0 Å². The maximum atomic E-state index is 13.6. The van der Waals surface area contributed by atoms with Crippen molar-refractivity contribution in [2.24, 2.45) is 0 Å². The fraction of sp³-hybridized carbons (Fsp3) is 0.227. The number of sulfonamides is 1. The number of aryl methyl sites for hydroxylation is 2. The summed E-state index contributed by atoms with van der Waals surface area (Å²) in [6.07, 6.45) is 0. The normalized spacial score (nSPS) is 12.5. The van der Waals surface area contributed by atoms with Crippen LogP contribution in [0.3, 0.4) is 0 Å². The molecule has 1 atom stereocenters. The van der Waals surface area contributed by atoms with Gasteiger partial charge in [0.1, 0.15) is 10.3 Å². The van der Waals surface area contributed by atoms with Crippen LogP contribution in [0.15, 0.2) is 68.7 Å². The Kier molecular flexibility index (Phi) is 7.13. The molecular weight excluding hydrogens is 484 g/mol. The van der Waals surface area contributed by atoms with E-state index in [1.807, 2.05) is 45.0 Å². The van der Waals surface area contributed by atoms with Crippen LogP contribution >= 0.6 is 27.3 Å². The molecule has 5 nitrogen and oxygen atoms in total. The molecule has 1 N–H and O–H groups in total. The third-order valence-corrected chi connectivity index (χ3v) is 8.39. The topological polar surface area (TPSA) is 66.5 Å². The molecule has 2 aromatic carbocycles. The van der Waals surface area contributed by atoms with E-state index in [1.165, 1.54) is 6.07 Å². The van der Waals surface area contributed by atoms with Crippen molar-refractivity contribution in [1.29, 1.82) is 0 Å². The number of carbonyl (C=O) groups excluding carboxylic acids is 1. The van der Waals surface area contributed by atoms with Crippen LogP contribution in [0.25, 0.3) is 0 Å². The molecule has 0 fully saturated rings. The van der Waals surface area contributed by atoms with Gasteiger partial charge in [-0.15, -0.1) is 11.3 Å². The van der Waals surface area contributed by atoms with Gasteiger partial charge in [0.05, 0.1) is 3.79 Å². The van der Waals surface area contributed by atoms with Gasteiger partial charge in [0.2, 0.25) is 5.91 Å². The average molecular weight is 507 g/mol. The van der Waals surface area contributed by atoms with E-state index in [2.05, 4.69) is 20.7 Å². The van der Waals surface area contributed by atoms with Gasteiger partial charge in [0.25, 0.3) is 10.0 Å². The number of carbonyl (C=O) groups is 1. The van der Waals surface area contributed by atoms with Crippen molar-refractivity contribution in [1.82, 2.24) is 4.72 Å². The molecular formula is C22H23BrN2O3S2. The number of amides is 1. The standard InChI is InChI=1S/C22H23BrN2O3S2/c1-4-25(18-11-10-15(2)16(3)14-18)22(26)21(17-8-6-5-7-9-17)24-30(27,28)20-13-12-19(23)29-20/h5-14,21,24H,4H2,1-3H3/t21-/m1/s1. The molecule has 0 spiro atoms. The first-order valence-corrected chi connectivity index (χ1v) is 12.5. The lowest BCUT2D eigenvalue weighted by atomic mass is 10.0. The zero-order valence-electron chi connectivity index (χ0n) is 16.9. The number of thiophene rings is 1. The van der Waals surface area contributed by atoms with Crippen LogP contribution in [0.1, 0.15) is 29.7 Å². The zero-order chi connectivity index (χ0) is 21.9. The quantitative estimate of drug-likeness (QED) is 0.478. The maximum absolute atomic E-state index is 13.6. The van der Waals surface area contributed by atoms with Crippen LogP contribution in [-0.2, 0) is 14.8 Å². The molecule has 3 aromatic rings. The zero-order valence-corrected chi connectivity index (χ0v) is 20.1. The minimum Gasteiger partial charge on any atom is -0.311 e. The van der Waals surface area contributed by atoms with Crippen LogP contribution in [0.2, 0.25) is 0 Å². The van der Waals surface area contributed by atoms with Crippen molar-refractivity contribution in [3.8, 4) is 0 Å². The molecule has 158 valence electrons. The largest absolute Gasteiger partial charge is 0.311 e. The smallest absolute Gasteiger partial charge is 0.251 e. The number of rotatable bonds is 7. The second-order valence-electron chi connectivity index (χ2n) is 6.87. The SMILES string of the molecule is CCN(C(=O)[C@H](NS(=O)(=O)c1ccc(Br)s1)c1ccccc1)c1ccc(C)c(C)c1. The second kappa shape index (κ2) is 9.43. The van der Waals surface area contributed by atoms with Gasteiger partial charge in [0, 0.05) is 12.2 Å². The highest BCUT2D eigenvalue weighted by Crippen LogP contribution is 2.29. The van der Waals surface area contributed by atoms with E-state index < -0.39 is 16.1 Å². The molecule has 0 unspecified atom stereocenters. The fourth-order valence-electron chi connectivity index (χ4n) is 3.08. The Balaban J connectivity index is 2.01. The number of hydrogen-bond donors (Lipinski definition) is 1. The summed E-state index contributed by atoms with van der Waals surface area (Å²) in [6, 6.07) is 16.9. The first-order valence-electron chi connectivity index (χ1n) is 9.44. The third kappa shape index (κ3) is 5.00. The highest BCUT2D eigenvalue weighted by Gasteiger charge is 2.31. The molecule has 0 bridgehead atoms. The van der Waals surface area contributed by atoms with Gasteiger partial charge in [-0.3, -0.25) is 4.79 Å². The van der Waals surface area contributed by atoms with Gasteiger partial charge in [-0.1, -0.05) is 36.4 Å². The number of halogens is 1. The van der Waals surface area contributed by atoms with Crippen molar-refractivity contribution in [2.45, 2.75) is 31.0 Å². The van der Waals surface area contributed by atoms with Crippen molar-refractivity contribution in [2.75, 3.05) is 11.4 Å². The van der Waals surface area contributed by atoms with E-state index in [1.54, 1.807) is 35.2 Å². The van der Waals surface area contributed by atoms with Crippen LogP contribution in [0.5, 0.6) is 0 Å². The summed E-state index contributed by atoms with van der Waals surface area (Å²) in [5, 5.41) is 0. The van der Waals surface area contributed by atoms with Gasteiger partial charge in [0.15, 0.2) is 0 Å². The minimum absolute atomic E-state index is 0.150. The Morgan fingerprint density at radius 2 is 1.77 bits per heavy atom. The van der Waals surface area contributed by atoms with Crippen LogP contribution < -0.4 is 9.62 Å². The average Bonchev–Trinajstić information content (AvgIpc) is 3.17. The number of likely N-dealkylation sites (N-methyl/N-ethyl adjacent to an activating group) is 1. The summed E-state index contributed by atoms with van der Waals surface area (Å²) < 4.78 is 29.5. The van der Waals surface area contributed by atoms with Crippen molar-refractivity contribution >= 4 is 48.9 Å². The van der Waals surface area contributed by atoms with E-state index in [0.29, 0.717) is 15.9 Å². The highest BCUT2D eigenvalue weighted by molar-refractivity contribution is 9.11. The lowest BCUT2D eigenvalue weighted by molar-refractivity contribution is -0.120. The summed E-state index contributed by atoms with van der Waals surface area (Å²) in [7, 11) is -3.88. The molecule has 1 aromatic heterocycles. The van der Waals surface area contributed by atoms with E-state index in [-0.39, 0.29) is 10.1 Å². The molecule has 0 aliphatic heterocycles. The van der Waals surface area contributed by atoms with E-state index in [0.717, 1.165) is 28.2 Å². The maximum Gasteiger partial charge on any atom is 0.251 e. The molecule has 0 aliphatic rings. The number of benzene rings is 2. The number of anilines is 1. The summed E-state index contributed by atoms with van der Waals surface area (Å²) in [4.78, 5) is 15.2. The van der Waals surface area contributed by atoms with Crippen molar-refractivity contribution in [3.63, 3.8) is 0 Å². The molecule has 3 rings (SSSR count). The van der Waals surface area contributed by atoms with E-state index in [4.69, 9.17) is 0 Å². The van der Waals surface area contributed by atoms with Crippen molar-refractivity contribution < 1.29 is 13.2 Å². The number of nitrogens with zero attached hydrogens (tertiary/aromatic N) is 1. The van der Waals surface area contributed by atoms with Gasteiger partial charge in [-0.05, 0) is 77.7 Å². The molecule has 0 aliphatic carbocycles. The lowest BCUT2D eigenvalue weighted by Gasteiger charge is -2.27. The Bertz CT molecular complexity index is 1140. The predicted molar refractivity (Wildman–Crippen MR) is 125 cm³/mol. The van der Waals surface area contributed by atoms with Gasteiger partial charge >= 0.3 is 0 Å². The van der Waals surface area contributed by atoms with Gasteiger partial charge in [-0.2, -0.15) is 4.72 Å². The fourth-order valence-corrected chi connectivity index (χ4v) is 6.28. The van der Waals surface area contributed by atoms with Gasteiger partial charge < -0.3 is 4.90 Å². The summed E-state index contributed by atoms with van der Waals surface area (Å²) >= 11 is 4.39. The molecule has 1 heterocycles. The lowest BCUT2D eigenvalue weighted by Crippen LogP contribution is -2.43. The Hall–Kier alpha value is -2.00. The summed E-state index contributed by atoms with van der Waals surface area (Å²) in [5.41, 5.74) is 3.53. The third-order valence-electron chi connectivity index (χ3n) is 4.85. The molecule has 1 amide bonds. The van der Waals surface area contributed by atoms with Crippen LogP contribution in [0.4, 0.5) is 5.69 Å². The molecule has 8 heteroatoms. The Morgan fingerprint density at radius 1 is 1.07 bits per heavy atom. The molecule has 0 radical (unpaired) electrons. The molecule has 0 saturated carbocycles. The number of nitrogens with one attached hydrogen (secondary N) is 1. The van der Waals surface area contributed by atoms with Crippen LogP contribution in [-0.4, -0.2) is 20.9 Å². The van der Waals surface area contributed by atoms with Crippen LogP contribution in [0, 0.1) is 13.8 Å². The van der Waals surface area contributed by atoms with Crippen molar-refractivity contribution in [3.05, 3.63) is 81.1 Å². The first kappa shape index (κ1) is 22.7. The number of hydrogen-bond acceptors (Lipinski definition) is 4. The molecule has 30 heavy (non-hydrogen) atoms. The Labute approximate surface area is 189 Å². The summed E-state index contributed by atoms with van der Waals surface area (Å²) in [5.74, 6) is -0.328. The Morgan fingerprint density at radius 3 is 2.33 bits per heavy atom. The first-order chi connectivity index (χ1) is 14.2. The molecule has 0 saturated heterocycles. The second-order valence-corrected chi connectivity index (χ2v) is 11.3.